The summed E-state index contributed by atoms with van der Waals surface area (Å²) >= 11 is 3.32. The third-order valence-corrected chi connectivity index (χ3v) is 3.61. The molecule has 1 aromatic rings. The van der Waals surface area contributed by atoms with Gasteiger partial charge in [-0.15, -0.1) is 0 Å². The highest BCUT2D eigenvalue weighted by molar-refractivity contribution is 9.10. The summed E-state index contributed by atoms with van der Waals surface area (Å²) in [6.45, 7) is 3.54. The third-order valence-electron chi connectivity index (χ3n) is 3.12. The Morgan fingerprint density at radius 3 is 3.00 bits per heavy atom. The van der Waals surface area contributed by atoms with Gasteiger partial charge in [0, 0.05) is 4.47 Å². The number of hydrogen-bond donors (Lipinski definition) is 2. The Balaban J connectivity index is 2.38. The second-order valence-electron chi connectivity index (χ2n) is 4.52. The number of halogens is 1. The van der Waals surface area contributed by atoms with Crippen LogP contribution in [0.4, 0.5) is 4.79 Å². The smallest absolute Gasteiger partial charge is 0.408 e. The van der Waals surface area contributed by atoms with Crippen molar-refractivity contribution in [2.45, 2.75) is 12.1 Å². The second-order valence-corrected chi connectivity index (χ2v) is 5.43. The highest BCUT2D eigenvalue weighted by Gasteiger charge is 2.46. The van der Waals surface area contributed by atoms with Gasteiger partial charge < -0.3 is 14.6 Å². The van der Waals surface area contributed by atoms with Gasteiger partial charge in [0.15, 0.2) is 5.54 Å². The minimum atomic E-state index is -1.66. The Morgan fingerprint density at radius 2 is 2.33 bits per heavy atom. The van der Waals surface area contributed by atoms with Crippen molar-refractivity contribution in [3.05, 3.63) is 46.5 Å². The Hall–Kier alpha value is -1.86. The van der Waals surface area contributed by atoms with Crippen LogP contribution in [-0.2, 0) is 26.4 Å². The topological polar surface area (TPSA) is 84.9 Å². The standard InChI is InChI=1S/C14H14BrNO5/c1-2-5-21-13(19)16-14(12(17)18)8-20-7-9-6-10(15)3-4-11(9)14/h2-4,6H,1,5,7-8H2,(H,16,19)(H,17,18). The SMILES string of the molecule is C=CCOC(=O)NC1(C(=O)O)COCc2cc(Br)ccc21. The molecule has 6 nitrogen and oxygen atoms in total. The normalized spacial score (nSPS) is 20.2. The molecule has 1 heterocycles. The largest absolute Gasteiger partial charge is 0.479 e. The summed E-state index contributed by atoms with van der Waals surface area (Å²) in [5, 5.41) is 12.0. The van der Waals surface area contributed by atoms with Gasteiger partial charge >= 0.3 is 12.1 Å². The molecule has 0 bridgehead atoms. The van der Waals surface area contributed by atoms with E-state index in [2.05, 4.69) is 27.8 Å². The molecule has 1 atom stereocenters. The molecule has 0 aliphatic carbocycles. The zero-order valence-corrected chi connectivity index (χ0v) is 12.7. The maximum atomic E-state index is 11.8. The van der Waals surface area contributed by atoms with Crippen molar-refractivity contribution < 1.29 is 24.2 Å². The van der Waals surface area contributed by atoms with Gasteiger partial charge in [-0.25, -0.2) is 9.59 Å². The van der Waals surface area contributed by atoms with E-state index >= 15 is 0 Å². The highest BCUT2D eigenvalue weighted by Crippen LogP contribution is 2.32. The highest BCUT2D eigenvalue weighted by atomic mass is 79.9. The molecule has 2 N–H and O–H groups in total. The summed E-state index contributed by atoms with van der Waals surface area (Å²) in [5.74, 6) is -1.21. The van der Waals surface area contributed by atoms with Crippen LogP contribution in [0.3, 0.4) is 0 Å². The van der Waals surface area contributed by atoms with Crippen LogP contribution < -0.4 is 5.32 Å². The summed E-state index contributed by atoms with van der Waals surface area (Å²) in [5.41, 5.74) is -0.478. The van der Waals surface area contributed by atoms with Crippen molar-refractivity contribution >= 4 is 28.0 Å². The van der Waals surface area contributed by atoms with Gasteiger partial charge in [-0.2, -0.15) is 0 Å². The van der Waals surface area contributed by atoms with E-state index in [0.717, 1.165) is 4.47 Å². The molecular formula is C14H14BrNO5. The first-order valence-electron chi connectivity index (χ1n) is 6.15. The van der Waals surface area contributed by atoms with Gasteiger partial charge in [0.2, 0.25) is 0 Å². The number of carbonyl (C=O) groups excluding carboxylic acids is 1. The van der Waals surface area contributed by atoms with Crippen molar-refractivity contribution in [3.63, 3.8) is 0 Å². The van der Waals surface area contributed by atoms with Crippen LogP contribution in [0.15, 0.2) is 35.3 Å². The zero-order chi connectivity index (χ0) is 15.5. The number of ether oxygens (including phenoxy) is 2. The number of alkyl carbamates (subject to hydrolysis) is 1. The predicted octanol–water partition coefficient (Wildman–Crippen LogP) is 2.17. The Morgan fingerprint density at radius 1 is 1.57 bits per heavy atom. The van der Waals surface area contributed by atoms with Gasteiger partial charge in [0.1, 0.15) is 6.61 Å². The van der Waals surface area contributed by atoms with Gasteiger partial charge in [0.25, 0.3) is 0 Å². The first kappa shape index (κ1) is 15.5. The maximum absolute atomic E-state index is 11.8. The van der Waals surface area contributed by atoms with Gasteiger partial charge in [-0.1, -0.05) is 34.7 Å². The Kier molecular flexibility index (Phi) is 4.64. The monoisotopic (exact) mass is 355 g/mol. The number of fused-ring (bicyclic) bond motifs is 1. The Bertz CT molecular complexity index is 589. The lowest BCUT2D eigenvalue weighted by molar-refractivity contribution is -0.149. The fraction of sp³-hybridized carbons (Fsp3) is 0.286. The van der Waals surface area contributed by atoms with Gasteiger partial charge in [-0.05, 0) is 23.3 Å². The summed E-state index contributed by atoms with van der Waals surface area (Å²) in [6.07, 6.45) is 0.562. The minimum absolute atomic E-state index is 0.00438. The number of hydrogen-bond acceptors (Lipinski definition) is 4. The molecule has 0 radical (unpaired) electrons. The number of benzene rings is 1. The number of carboxylic acid groups (broad SMARTS) is 1. The molecule has 112 valence electrons. The van der Waals surface area contributed by atoms with Crippen molar-refractivity contribution in [1.82, 2.24) is 5.32 Å². The van der Waals surface area contributed by atoms with Crippen LogP contribution in [0.25, 0.3) is 0 Å². The van der Waals surface area contributed by atoms with E-state index in [1.807, 2.05) is 0 Å². The van der Waals surface area contributed by atoms with Crippen LogP contribution in [0.1, 0.15) is 11.1 Å². The summed E-state index contributed by atoms with van der Waals surface area (Å²) < 4.78 is 11.0. The van der Waals surface area contributed by atoms with E-state index < -0.39 is 17.6 Å². The maximum Gasteiger partial charge on any atom is 0.408 e. The molecule has 0 spiro atoms. The molecule has 7 heteroatoms. The molecule has 0 fully saturated rings. The second kappa shape index (κ2) is 6.28. The third kappa shape index (κ3) is 3.08. The number of carboxylic acids is 1. The van der Waals surface area contributed by atoms with Crippen molar-refractivity contribution in [1.29, 1.82) is 0 Å². The van der Waals surface area contributed by atoms with E-state index in [1.54, 1.807) is 18.2 Å². The molecule has 0 saturated carbocycles. The molecule has 1 unspecified atom stereocenters. The lowest BCUT2D eigenvalue weighted by Crippen LogP contribution is -2.57. The predicted molar refractivity (Wildman–Crippen MR) is 77.8 cm³/mol. The molecule has 1 aromatic carbocycles. The summed E-state index contributed by atoms with van der Waals surface area (Å²) in [6, 6.07) is 5.14. The number of aliphatic carboxylic acids is 1. The van der Waals surface area contributed by atoms with Crippen molar-refractivity contribution in [2.75, 3.05) is 13.2 Å². The summed E-state index contributed by atoms with van der Waals surface area (Å²) in [7, 11) is 0. The van der Waals surface area contributed by atoms with E-state index in [1.165, 1.54) is 6.08 Å². The molecule has 1 aliphatic heterocycles. The average Bonchev–Trinajstić information content (AvgIpc) is 2.44. The molecule has 0 saturated heterocycles. The van der Waals surface area contributed by atoms with E-state index in [9.17, 15) is 14.7 Å². The Labute approximate surface area is 129 Å². The number of rotatable bonds is 4. The molecular weight excluding hydrogens is 342 g/mol. The fourth-order valence-corrected chi connectivity index (χ4v) is 2.58. The summed E-state index contributed by atoms with van der Waals surface area (Å²) in [4.78, 5) is 23.5. The molecule has 1 amide bonds. The van der Waals surface area contributed by atoms with Crippen LogP contribution >= 0.6 is 15.9 Å². The molecule has 0 aromatic heterocycles. The molecule has 1 aliphatic rings. The lowest BCUT2D eigenvalue weighted by atomic mass is 9.85. The van der Waals surface area contributed by atoms with Crippen molar-refractivity contribution in [2.24, 2.45) is 0 Å². The quantitative estimate of drug-likeness (QED) is 0.808. The minimum Gasteiger partial charge on any atom is -0.479 e. The van der Waals surface area contributed by atoms with E-state index in [-0.39, 0.29) is 19.8 Å². The average molecular weight is 356 g/mol. The number of carbonyl (C=O) groups is 2. The number of nitrogens with one attached hydrogen (secondary N) is 1. The van der Waals surface area contributed by atoms with E-state index in [4.69, 9.17) is 9.47 Å². The van der Waals surface area contributed by atoms with Crippen LogP contribution in [0, 0.1) is 0 Å². The van der Waals surface area contributed by atoms with Crippen LogP contribution in [0.2, 0.25) is 0 Å². The first-order chi connectivity index (χ1) is 9.99. The number of amides is 1. The lowest BCUT2D eigenvalue weighted by Gasteiger charge is -2.35. The van der Waals surface area contributed by atoms with Crippen molar-refractivity contribution in [3.8, 4) is 0 Å². The molecule has 21 heavy (non-hydrogen) atoms. The zero-order valence-electron chi connectivity index (χ0n) is 11.1. The van der Waals surface area contributed by atoms with E-state index in [0.29, 0.717) is 11.1 Å². The first-order valence-corrected chi connectivity index (χ1v) is 6.95. The van der Waals surface area contributed by atoms with Gasteiger partial charge in [-0.3, -0.25) is 5.32 Å². The molecule has 2 rings (SSSR count). The fourth-order valence-electron chi connectivity index (χ4n) is 2.17. The van der Waals surface area contributed by atoms with Crippen LogP contribution in [-0.4, -0.2) is 30.4 Å². The van der Waals surface area contributed by atoms with Crippen LogP contribution in [0.5, 0.6) is 0 Å². The van der Waals surface area contributed by atoms with Gasteiger partial charge in [0.05, 0.1) is 13.2 Å².